The average molecular weight is 411 g/mol. The molecule has 0 fully saturated rings. The van der Waals surface area contributed by atoms with Crippen LogP contribution < -0.4 is 10.6 Å². The van der Waals surface area contributed by atoms with E-state index in [1.54, 1.807) is 47.0 Å². The fourth-order valence-corrected chi connectivity index (χ4v) is 5.05. The van der Waals surface area contributed by atoms with Crippen LogP contribution in [0.25, 0.3) is 0 Å². The maximum atomic E-state index is 3.74. The van der Waals surface area contributed by atoms with Gasteiger partial charge in [0.15, 0.2) is 0 Å². The van der Waals surface area contributed by atoms with Gasteiger partial charge in [0.05, 0.1) is 11.4 Å². The molecule has 25 heavy (non-hydrogen) atoms. The number of nitrogens with one attached hydrogen (secondary N) is 2. The van der Waals surface area contributed by atoms with Gasteiger partial charge in [-0.1, -0.05) is 12.1 Å². The molecular weight excluding hydrogens is 384 g/mol. The molecule has 0 bridgehead atoms. The third-order valence-electron chi connectivity index (χ3n) is 3.73. The van der Waals surface area contributed by atoms with Crippen molar-refractivity contribution in [2.24, 2.45) is 0 Å². The van der Waals surface area contributed by atoms with Gasteiger partial charge in [0.2, 0.25) is 0 Å². The Bertz CT molecular complexity index is 613. The molecule has 0 aliphatic rings. The summed E-state index contributed by atoms with van der Waals surface area (Å²) in [6.07, 6.45) is 8.50. The molecular formula is C19H26N2S4. The first-order chi connectivity index (χ1) is 12.0. The number of anilines is 2. The van der Waals surface area contributed by atoms with Gasteiger partial charge >= 0.3 is 0 Å². The summed E-state index contributed by atoms with van der Waals surface area (Å²) >= 11 is 7.10. The average Bonchev–Trinajstić information content (AvgIpc) is 2.61. The lowest BCUT2D eigenvalue weighted by molar-refractivity contribution is 0.643. The number of rotatable bonds is 8. The first kappa shape index (κ1) is 20.7. The SMILES string of the molecule is CSc1cccc(SC)c1NC(C)(C)Nc1c(SC)cccc1SC. The van der Waals surface area contributed by atoms with Gasteiger partial charge in [-0.2, -0.15) is 0 Å². The summed E-state index contributed by atoms with van der Waals surface area (Å²) in [5, 5.41) is 7.47. The first-order valence-corrected chi connectivity index (χ1v) is 12.8. The highest BCUT2D eigenvalue weighted by Gasteiger charge is 2.22. The van der Waals surface area contributed by atoms with E-state index in [0.717, 1.165) is 0 Å². The number of para-hydroxylation sites is 2. The predicted molar refractivity (Wildman–Crippen MR) is 121 cm³/mol. The summed E-state index contributed by atoms with van der Waals surface area (Å²) in [5.41, 5.74) is 2.12. The molecule has 2 aromatic carbocycles. The molecule has 0 radical (unpaired) electrons. The van der Waals surface area contributed by atoms with Gasteiger partial charge in [-0.05, 0) is 63.1 Å². The van der Waals surface area contributed by atoms with E-state index in [1.807, 2.05) is 0 Å². The Morgan fingerprint density at radius 1 is 0.600 bits per heavy atom. The highest BCUT2D eigenvalue weighted by molar-refractivity contribution is 8.00. The van der Waals surface area contributed by atoms with Crippen LogP contribution in [0.5, 0.6) is 0 Å². The highest BCUT2D eigenvalue weighted by Crippen LogP contribution is 2.39. The number of hydrogen-bond donors (Lipinski definition) is 2. The van der Waals surface area contributed by atoms with Crippen molar-refractivity contribution in [3.63, 3.8) is 0 Å². The molecule has 0 aromatic heterocycles. The van der Waals surface area contributed by atoms with E-state index in [9.17, 15) is 0 Å². The standard InChI is InChI=1S/C19H26N2S4/c1-19(2,20-17-13(22-3)9-7-10-14(17)23-4)21-18-15(24-5)11-8-12-16(18)25-6/h7-12,20-21H,1-6H3. The number of thioether (sulfide) groups is 4. The number of hydrogen-bond acceptors (Lipinski definition) is 6. The summed E-state index contributed by atoms with van der Waals surface area (Å²) in [5.74, 6) is 0. The summed E-state index contributed by atoms with van der Waals surface area (Å²) in [6.45, 7) is 4.38. The van der Waals surface area contributed by atoms with Crippen LogP contribution in [0.4, 0.5) is 11.4 Å². The fraction of sp³-hybridized carbons (Fsp3) is 0.368. The van der Waals surface area contributed by atoms with Gasteiger partial charge in [0, 0.05) is 19.6 Å². The lowest BCUT2D eigenvalue weighted by Gasteiger charge is -2.33. The minimum absolute atomic E-state index is 0.285. The third-order valence-corrected chi connectivity index (χ3v) is 6.85. The van der Waals surface area contributed by atoms with Crippen molar-refractivity contribution in [2.75, 3.05) is 35.7 Å². The van der Waals surface area contributed by atoms with Crippen LogP contribution >= 0.6 is 47.0 Å². The van der Waals surface area contributed by atoms with Crippen molar-refractivity contribution in [1.82, 2.24) is 0 Å². The minimum atomic E-state index is -0.285. The van der Waals surface area contributed by atoms with Crippen LogP contribution in [0.1, 0.15) is 13.8 Å². The van der Waals surface area contributed by atoms with E-state index in [0.29, 0.717) is 0 Å². The van der Waals surface area contributed by atoms with Crippen molar-refractivity contribution in [2.45, 2.75) is 39.1 Å². The highest BCUT2D eigenvalue weighted by atomic mass is 32.2. The van der Waals surface area contributed by atoms with Crippen LogP contribution in [0.2, 0.25) is 0 Å². The molecule has 0 aliphatic heterocycles. The Hall–Kier alpha value is -0.560. The molecule has 0 aliphatic carbocycles. The van der Waals surface area contributed by atoms with Crippen molar-refractivity contribution in [3.05, 3.63) is 36.4 Å². The molecule has 0 saturated heterocycles. The minimum Gasteiger partial charge on any atom is -0.361 e. The monoisotopic (exact) mass is 410 g/mol. The van der Waals surface area contributed by atoms with Crippen LogP contribution in [0.15, 0.2) is 56.0 Å². The van der Waals surface area contributed by atoms with E-state index >= 15 is 0 Å². The Labute approximate surface area is 169 Å². The molecule has 0 atom stereocenters. The Morgan fingerprint density at radius 3 is 1.12 bits per heavy atom. The van der Waals surface area contributed by atoms with Crippen molar-refractivity contribution in [3.8, 4) is 0 Å². The molecule has 0 saturated carbocycles. The van der Waals surface area contributed by atoms with Crippen molar-refractivity contribution in [1.29, 1.82) is 0 Å². The van der Waals surface area contributed by atoms with E-state index in [1.165, 1.54) is 31.0 Å². The molecule has 2 aromatic rings. The van der Waals surface area contributed by atoms with Crippen LogP contribution in [0, 0.1) is 0 Å². The lowest BCUT2D eigenvalue weighted by Crippen LogP contribution is -2.40. The summed E-state index contributed by atoms with van der Waals surface area (Å²) < 4.78 is 0. The summed E-state index contributed by atoms with van der Waals surface area (Å²) in [6, 6.07) is 12.9. The molecule has 0 spiro atoms. The second-order valence-corrected chi connectivity index (χ2v) is 9.34. The van der Waals surface area contributed by atoms with Gasteiger partial charge in [0.25, 0.3) is 0 Å². The topological polar surface area (TPSA) is 24.1 Å². The van der Waals surface area contributed by atoms with Crippen LogP contribution in [0.3, 0.4) is 0 Å². The molecule has 6 heteroatoms. The second-order valence-electron chi connectivity index (χ2n) is 5.95. The van der Waals surface area contributed by atoms with E-state index < -0.39 is 0 Å². The second kappa shape index (κ2) is 9.40. The van der Waals surface area contributed by atoms with Crippen LogP contribution in [-0.4, -0.2) is 30.7 Å². The Morgan fingerprint density at radius 2 is 0.880 bits per heavy atom. The lowest BCUT2D eigenvalue weighted by atomic mass is 10.2. The molecule has 0 heterocycles. The summed E-state index contributed by atoms with van der Waals surface area (Å²) in [7, 11) is 0. The molecule has 0 unspecified atom stereocenters. The largest absolute Gasteiger partial charge is 0.361 e. The summed E-state index contributed by atoms with van der Waals surface area (Å²) in [4.78, 5) is 5.07. The quantitative estimate of drug-likeness (QED) is 0.365. The van der Waals surface area contributed by atoms with E-state index in [-0.39, 0.29) is 5.66 Å². The smallest absolute Gasteiger partial charge is 0.102 e. The molecule has 2 rings (SSSR count). The maximum Gasteiger partial charge on any atom is 0.102 e. The van der Waals surface area contributed by atoms with E-state index in [4.69, 9.17) is 0 Å². The molecule has 2 N–H and O–H groups in total. The van der Waals surface area contributed by atoms with Crippen LogP contribution in [-0.2, 0) is 0 Å². The number of benzene rings is 2. The first-order valence-electron chi connectivity index (χ1n) is 7.94. The Kier molecular flexibility index (Phi) is 7.80. The zero-order chi connectivity index (χ0) is 18.4. The third kappa shape index (κ3) is 5.22. The van der Waals surface area contributed by atoms with Gasteiger partial charge in [-0.15, -0.1) is 47.0 Å². The fourth-order valence-electron chi connectivity index (χ4n) is 2.61. The molecule has 136 valence electrons. The van der Waals surface area contributed by atoms with E-state index in [2.05, 4.69) is 85.9 Å². The van der Waals surface area contributed by atoms with Gasteiger partial charge < -0.3 is 10.6 Å². The maximum absolute atomic E-state index is 3.74. The normalized spacial score (nSPS) is 11.4. The Balaban J connectivity index is 2.36. The van der Waals surface area contributed by atoms with Gasteiger partial charge in [0.1, 0.15) is 5.66 Å². The zero-order valence-electron chi connectivity index (χ0n) is 15.6. The molecule has 0 amide bonds. The van der Waals surface area contributed by atoms with Gasteiger partial charge in [-0.3, -0.25) is 0 Å². The molecule has 2 nitrogen and oxygen atoms in total. The van der Waals surface area contributed by atoms with Crippen molar-refractivity contribution < 1.29 is 0 Å². The predicted octanol–water partition coefficient (Wildman–Crippen LogP) is 6.83. The van der Waals surface area contributed by atoms with Crippen molar-refractivity contribution >= 4 is 58.4 Å². The zero-order valence-corrected chi connectivity index (χ0v) is 18.9. The van der Waals surface area contributed by atoms with Gasteiger partial charge in [-0.25, -0.2) is 0 Å².